The summed E-state index contributed by atoms with van der Waals surface area (Å²) in [5.74, 6) is 2.14. The number of hydrogen-bond acceptors (Lipinski definition) is 4. The number of carbonyl (C=O) groups is 1. The smallest absolute Gasteiger partial charge is 0.260 e. The van der Waals surface area contributed by atoms with Crippen molar-refractivity contribution in [2.45, 2.75) is 18.9 Å². The zero-order valence-electron chi connectivity index (χ0n) is 14.1. The van der Waals surface area contributed by atoms with Crippen molar-refractivity contribution in [3.63, 3.8) is 0 Å². The largest absolute Gasteiger partial charge is 0.484 e. The van der Waals surface area contributed by atoms with E-state index in [1.807, 2.05) is 35.2 Å². The fourth-order valence-corrected chi connectivity index (χ4v) is 3.75. The number of carbonyl (C=O) groups excluding carboxylic acids is 1. The Balaban J connectivity index is 1.29. The summed E-state index contributed by atoms with van der Waals surface area (Å²) in [5, 5.41) is 0. The highest BCUT2D eigenvalue weighted by Crippen LogP contribution is 2.31. The number of likely N-dealkylation sites (tertiary alicyclic amines) is 1. The van der Waals surface area contributed by atoms with E-state index >= 15 is 0 Å². The Bertz CT molecular complexity index is 561. The predicted octanol–water partition coefficient (Wildman–Crippen LogP) is 1.63. The lowest BCUT2D eigenvalue weighted by atomic mass is 10.1. The predicted molar refractivity (Wildman–Crippen MR) is 90.9 cm³/mol. The van der Waals surface area contributed by atoms with Gasteiger partial charge in [0.2, 0.25) is 0 Å². The van der Waals surface area contributed by atoms with E-state index in [0.717, 1.165) is 37.9 Å². The number of hydrogen-bond donors (Lipinski definition) is 0. The minimum atomic E-state index is 0.0595. The van der Waals surface area contributed by atoms with E-state index in [-0.39, 0.29) is 18.6 Å². The molecule has 1 aliphatic carbocycles. The second-order valence-corrected chi connectivity index (χ2v) is 7.27. The van der Waals surface area contributed by atoms with E-state index in [9.17, 15) is 4.79 Å². The van der Waals surface area contributed by atoms with Gasteiger partial charge >= 0.3 is 0 Å². The van der Waals surface area contributed by atoms with Gasteiger partial charge < -0.3 is 19.3 Å². The maximum absolute atomic E-state index is 12.4. The van der Waals surface area contributed by atoms with E-state index < -0.39 is 0 Å². The van der Waals surface area contributed by atoms with Crippen LogP contribution in [0.5, 0.6) is 5.75 Å². The molecule has 5 heteroatoms. The third kappa shape index (κ3) is 3.90. The van der Waals surface area contributed by atoms with Crippen LogP contribution < -0.4 is 4.74 Å². The summed E-state index contributed by atoms with van der Waals surface area (Å²) >= 11 is 0. The quantitative estimate of drug-likeness (QED) is 0.823. The van der Waals surface area contributed by atoms with Gasteiger partial charge in [0, 0.05) is 38.6 Å². The second-order valence-electron chi connectivity index (χ2n) is 7.27. The van der Waals surface area contributed by atoms with Crippen molar-refractivity contribution in [3.05, 3.63) is 30.3 Å². The molecule has 2 aliphatic heterocycles. The van der Waals surface area contributed by atoms with Crippen LogP contribution >= 0.6 is 0 Å². The Labute approximate surface area is 143 Å². The van der Waals surface area contributed by atoms with Crippen LogP contribution in [0, 0.1) is 11.8 Å². The number of ether oxygens (including phenoxy) is 2. The number of benzene rings is 1. The minimum absolute atomic E-state index is 0.0595. The first-order valence-electron chi connectivity index (χ1n) is 9.07. The first kappa shape index (κ1) is 15.9. The molecule has 3 fully saturated rings. The van der Waals surface area contributed by atoms with Crippen molar-refractivity contribution in [2.75, 3.05) is 45.9 Å². The Kier molecular flexibility index (Phi) is 4.72. The van der Waals surface area contributed by atoms with E-state index in [1.165, 1.54) is 19.4 Å². The first-order valence-corrected chi connectivity index (χ1v) is 9.07. The zero-order chi connectivity index (χ0) is 16.4. The standard InChI is InChI=1S/C19H26N2O3/c22-19(14-24-17-4-2-1-3-5-17)21-12-16-11-20(10-15-6-7-15)8-9-23-18(16)13-21/h1-5,15-16,18H,6-14H2/t16-,18+/m0/s1. The molecule has 1 aromatic carbocycles. The van der Waals surface area contributed by atoms with Gasteiger partial charge in [0.1, 0.15) is 5.75 Å². The third-order valence-electron chi connectivity index (χ3n) is 5.28. The number of para-hydroxylation sites is 1. The molecular formula is C19H26N2O3. The molecule has 0 spiro atoms. The van der Waals surface area contributed by atoms with Gasteiger partial charge in [0.15, 0.2) is 6.61 Å². The highest BCUT2D eigenvalue weighted by atomic mass is 16.5. The van der Waals surface area contributed by atoms with Crippen molar-refractivity contribution in [2.24, 2.45) is 11.8 Å². The monoisotopic (exact) mass is 330 g/mol. The van der Waals surface area contributed by atoms with Crippen LogP contribution in [0.4, 0.5) is 0 Å². The van der Waals surface area contributed by atoms with Crippen molar-refractivity contribution >= 4 is 5.91 Å². The van der Waals surface area contributed by atoms with Crippen molar-refractivity contribution in [3.8, 4) is 5.75 Å². The number of amides is 1. The van der Waals surface area contributed by atoms with Gasteiger partial charge in [-0.3, -0.25) is 4.79 Å². The number of fused-ring (bicyclic) bond motifs is 1. The van der Waals surface area contributed by atoms with Crippen LogP contribution in [0.15, 0.2) is 30.3 Å². The summed E-state index contributed by atoms with van der Waals surface area (Å²) in [6.45, 7) is 5.70. The molecule has 3 aliphatic rings. The van der Waals surface area contributed by atoms with Gasteiger partial charge in [0.25, 0.3) is 5.91 Å². The van der Waals surface area contributed by atoms with Gasteiger partial charge in [-0.25, -0.2) is 0 Å². The van der Waals surface area contributed by atoms with Gasteiger partial charge in [0.05, 0.1) is 12.7 Å². The lowest BCUT2D eigenvalue weighted by Crippen LogP contribution is -2.36. The molecule has 2 atom stereocenters. The molecule has 2 saturated heterocycles. The van der Waals surface area contributed by atoms with E-state index in [0.29, 0.717) is 12.5 Å². The molecule has 5 nitrogen and oxygen atoms in total. The van der Waals surface area contributed by atoms with Gasteiger partial charge in [-0.1, -0.05) is 18.2 Å². The van der Waals surface area contributed by atoms with Crippen LogP contribution in [-0.4, -0.2) is 67.7 Å². The third-order valence-corrected chi connectivity index (χ3v) is 5.28. The fourth-order valence-electron chi connectivity index (χ4n) is 3.75. The van der Waals surface area contributed by atoms with Crippen molar-refractivity contribution in [1.82, 2.24) is 9.80 Å². The van der Waals surface area contributed by atoms with E-state index in [1.54, 1.807) is 0 Å². The molecule has 0 N–H and O–H groups in total. The lowest BCUT2D eigenvalue weighted by Gasteiger charge is -2.23. The van der Waals surface area contributed by atoms with Crippen LogP contribution in [0.3, 0.4) is 0 Å². The van der Waals surface area contributed by atoms with Crippen molar-refractivity contribution < 1.29 is 14.3 Å². The maximum Gasteiger partial charge on any atom is 0.260 e. The average molecular weight is 330 g/mol. The molecule has 0 radical (unpaired) electrons. The van der Waals surface area contributed by atoms with Crippen LogP contribution in [-0.2, 0) is 9.53 Å². The number of nitrogens with zero attached hydrogens (tertiary/aromatic N) is 2. The first-order chi connectivity index (χ1) is 11.8. The maximum atomic E-state index is 12.4. The minimum Gasteiger partial charge on any atom is -0.484 e. The molecule has 0 aromatic heterocycles. The Morgan fingerprint density at radius 3 is 2.79 bits per heavy atom. The van der Waals surface area contributed by atoms with Gasteiger partial charge in [-0.05, 0) is 30.9 Å². The molecule has 24 heavy (non-hydrogen) atoms. The second kappa shape index (κ2) is 7.11. The topological polar surface area (TPSA) is 42.0 Å². The van der Waals surface area contributed by atoms with Crippen LogP contribution in [0.25, 0.3) is 0 Å². The highest BCUT2D eigenvalue weighted by Gasteiger charge is 2.39. The molecule has 4 rings (SSSR count). The summed E-state index contributed by atoms with van der Waals surface area (Å²) in [7, 11) is 0. The zero-order valence-corrected chi connectivity index (χ0v) is 14.1. The van der Waals surface area contributed by atoms with Crippen molar-refractivity contribution in [1.29, 1.82) is 0 Å². The van der Waals surface area contributed by atoms with E-state index in [4.69, 9.17) is 9.47 Å². The normalized spacial score (nSPS) is 27.6. The molecule has 2 heterocycles. The summed E-state index contributed by atoms with van der Waals surface area (Å²) in [4.78, 5) is 16.9. The van der Waals surface area contributed by atoms with Gasteiger partial charge in [-0.2, -0.15) is 0 Å². The lowest BCUT2D eigenvalue weighted by molar-refractivity contribution is -0.132. The summed E-state index contributed by atoms with van der Waals surface area (Å²) in [6, 6.07) is 9.51. The molecule has 1 saturated carbocycles. The Hall–Kier alpha value is -1.59. The number of rotatable bonds is 5. The molecule has 130 valence electrons. The van der Waals surface area contributed by atoms with Crippen LogP contribution in [0.1, 0.15) is 12.8 Å². The summed E-state index contributed by atoms with van der Waals surface area (Å²) in [6.07, 6.45) is 2.95. The average Bonchev–Trinajstić information content (AvgIpc) is 3.36. The van der Waals surface area contributed by atoms with E-state index in [2.05, 4.69) is 4.90 Å². The molecular weight excluding hydrogens is 304 g/mol. The SMILES string of the molecule is O=C(COc1ccccc1)N1C[C@@H]2CN(CC3CC3)CCO[C@@H]2C1. The van der Waals surface area contributed by atoms with Crippen LogP contribution in [0.2, 0.25) is 0 Å². The Morgan fingerprint density at radius 2 is 2.00 bits per heavy atom. The molecule has 1 amide bonds. The summed E-state index contributed by atoms with van der Waals surface area (Å²) in [5.41, 5.74) is 0. The highest BCUT2D eigenvalue weighted by molar-refractivity contribution is 5.78. The Morgan fingerprint density at radius 1 is 1.17 bits per heavy atom. The fraction of sp³-hybridized carbons (Fsp3) is 0.632. The molecule has 0 unspecified atom stereocenters. The van der Waals surface area contributed by atoms with Gasteiger partial charge in [-0.15, -0.1) is 0 Å². The molecule has 1 aromatic rings. The summed E-state index contributed by atoms with van der Waals surface area (Å²) < 4.78 is 11.6. The molecule has 0 bridgehead atoms.